The fraction of sp³-hybridized carbons (Fsp3) is 0.333. The molecule has 3 nitrogen and oxygen atoms in total. The van der Waals surface area contributed by atoms with Crippen molar-refractivity contribution < 1.29 is 9.53 Å². The lowest BCUT2D eigenvalue weighted by atomic mass is 10.2. The van der Waals surface area contributed by atoms with Gasteiger partial charge in [-0.2, -0.15) is 0 Å². The molecule has 0 bridgehead atoms. The van der Waals surface area contributed by atoms with Gasteiger partial charge in [0.15, 0.2) is 4.34 Å². The fourth-order valence-corrected chi connectivity index (χ4v) is 3.30. The van der Waals surface area contributed by atoms with Gasteiger partial charge in [0.2, 0.25) is 0 Å². The van der Waals surface area contributed by atoms with Crippen LogP contribution in [0, 0.1) is 0 Å². The summed E-state index contributed by atoms with van der Waals surface area (Å²) < 4.78 is 6.12. The number of thioether (sulfide) groups is 1. The van der Waals surface area contributed by atoms with E-state index >= 15 is 0 Å². The lowest BCUT2D eigenvalue weighted by molar-refractivity contribution is -0.151. The normalized spacial score (nSPS) is 11.4. The minimum absolute atomic E-state index is 0.226. The molecule has 0 radical (unpaired) electrons. The molecule has 1 aromatic heterocycles. The Bertz CT molecular complexity index is 617. The molecule has 1 heterocycles. The summed E-state index contributed by atoms with van der Waals surface area (Å²) in [5, 5.41) is 2.68. The van der Waals surface area contributed by atoms with Crippen LogP contribution in [0.15, 0.2) is 34.0 Å². The van der Waals surface area contributed by atoms with E-state index in [0.717, 1.165) is 15.6 Å². The molecule has 0 spiro atoms. The number of carbonyl (C=O) groups is 1. The Morgan fingerprint density at radius 2 is 2.00 bits per heavy atom. The molecule has 0 aliphatic heterocycles. The molecule has 0 unspecified atom stereocenters. The summed E-state index contributed by atoms with van der Waals surface area (Å²) in [6.45, 7) is 5.58. The van der Waals surface area contributed by atoms with Gasteiger partial charge in [0.25, 0.3) is 0 Å². The molecular formula is C15H16ClNO2S2. The largest absolute Gasteiger partial charge is 0.459 e. The van der Waals surface area contributed by atoms with Gasteiger partial charge in [-0.05, 0) is 32.9 Å². The van der Waals surface area contributed by atoms with E-state index in [-0.39, 0.29) is 11.7 Å². The summed E-state index contributed by atoms with van der Waals surface area (Å²) in [6.07, 6.45) is 0. The quantitative estimate of drug-likeness (QED) is 0.586. The van der Waals surface area contributed by atoms with Crippen LogP contribution >= 0.6 is 34.7 Å². The summed E-state index contributed by atoms with van der Waals surface area (Å²) in [7, 11) is 0. The molecule has 0 atom stereocenters. The molecule has 6 heteroatoms. The molecule has 2 aromatic rings. The minimum Gasteiger partial charge on any atom is -0.459 e. The third kappa shape index (κ3) is 5.34. The van der Waals surface area contributed by atoms with E-state index in [9.17, 15) is 4.79 Å². The highest BCUT2D eigenvalue weighted by atomic mass is 35.5. The third-order valence-corrected chi connectivity index (χ3v) is 4.60. The second kappa shape index (κ2) is 6.81. The number of halogens is 1. The predicted octanol–water partition coefficient (Wildman–Crippen LogP) is 4.90. The number of aromatic nitrogens is 1. The molecule has 0 aliphatic carbocycles. The first-order valence-electron chi connectivity index (χ1n) is 6.39. The SMILES string of the molecule is CC(C)(C)OC(=O)CSc1nc(-c2ccc(Cl)cc2)cs1. The van der Waals surface area contributed by atoms with Gasteiger partial charge in [0.1, 0.15) is 5.60 Å². The number of nitrogens with zero attached hydrogens (tertiary/aromatic N) is 1. The lowest BCUT2D eigenvalue weighted by Crippen LogP contribution is -2.24. The summed E-state index contributed by atoms with van der Waals surface area (Å²) in [6, 6.07) is 7.53. The first-order chi connectivity index (χ1) is 9.83. The van der Waals surface area contributed by atoms with Crippen LogP contribution in [0.25, 0.3) is 11.3 Å². The number of ether oxygens (including phenoxy) is 1. The van der Waals surface area contributed by atoms with Gasteiger partial charge in [-0.25, -0.2) is 4.98 Å². The lowest BCUT2D eigenvalue weighted by Gasteiger charge is -2.18. The van der Waals surface area contributed by atoms with E-state index < -0.39 is 5.60 Å². The Hall–Kier alpha value is -1.04. The van der Waals surface area contributed by atoms with Crippen molar-refractivity contribution in [3.63, 3.8) is 0 Å². The molecule has 0 N–H and O–H groups in total. The zero-order chi connectivity index (χ0) is 15.5. The van der Waals surface area contributed by atoms with Crippen LogP contribution in [0.5, 0.6) is 0 Å². The van der Waals surface area contributed by atoms with E-state index in [0.29, 0.717) is 5.02 Å². The Morgan fingerprint density at radius 1 is 1.33 bits per heavy atom. The summed E-state index contributed by atoms with van der Waals surface area (Å²) in [5.74, 6) is 0.0425. The number of rotatable bonds is 4. The average molecular weight is 342 g/mol. The second-order valence-electron chi connectivity index (χ2n) is 5.38. The molecule has 0 fully saturated rings. The van der Waals surface area contributed by atoms with Gasteiger partial charge in [-0.15, -0.1) is 11.3 Å². The molecule has 0 saturated heterocycles. The minimum atomic E-state index is -0.449. The Kier molecular flexibility index (Phi) is 5.30. The van der Waals surface area contributed by atoms with Crippen molar-refractivity contribution in [1.82, 2.24) is 4.98 Å². The van der Waals surface area contributed by atoms with Gasteiger partial charge in [0, 0.05) is 16.0 Å². The maximum atomic E-state index is 11.7. The number of benzene rings is 1. The van der Waals surface area contributed by atoms with E-state index in [2.05, 4.69) is 4.98 Å². The van der Waals surface area contributed by atoms with E-state index in [4.69, 9.17) is 16.3 Å². The smallest absolute Gasteiger partial charge is 0.316 e. The van der Waals surface area contributed by atoms with Crippen LogP contribution in [0.1, 0.15) is 20.8 Å². The van der Waals surface area contributed by atoms with Crippen LogP contribution in [0.4, 0.5) is 0 Å². The van der Waals surface area contributed by atoms with Crippen LogP contribution in [-0.2, 0) is 9.53 Å². The molecule has 0 saturated carbocycles. The van der Waals surface area contributed by atoms with E-state index in [1.165, 1.54) is 23.1 Å². The molecular weight excluding hydrogens is 326 g/mol. The van der Waals surface area contributed by atoms with Crippen LogP contribution in [0.2, 0.25) is 5.02 Å². The van der Waals surface area contributed by atoms with E-state index in [1.54, 1.807) is 0 Å². The average Bonchev–Trinajstić information content (AvgIpc) is 2.84. The van der Waals surface area contributed by atoms with Crippen molar-refractivity contribution in [2.45, 2.75) is 30.7 Å². The van der Waals surface area contributed by atoms with Gasteiger partial charge < -0.3 is 4.74 Å². The predicted molar refractivity (Wildman–Crippen MR) is 89.1 cm³/mol. The highest BCUT2D eigenvalue weighted by Gasteiger charge is 2.17. The third-order valence-electron chi connectivity index (χ3n) is 2.36. The number of carbonyl (C=O) groups excluding carboxylic acids is 1. The van der Waals surface area contributed by atoms with Crippen molar-refractivity contribution in [1.29, 1.82) is 0 Å². The van der Waals surface area contributed by atoms with Gasteiger partial charge in [-0.3, -0.25) is 4.79 Å². The molecule has 112 valence electrons. The molecule has 0 amide bonds. The zero-order valence-corrected chi connectivity index (χ0v) is 14.4. The molecule has 21 heavy (non-hydrogen) atoms. The number of hydrogen-bond acceptors (Lipinski definition) is 5. The Morgan fingerprint density at radius 3 is 2.62 bits per heavy atom. The first-order valence-corrected chi connectivity index (χ1v) is 8.64. The van der Waals surface area contributed by atoms with Crippen molar-refractivity contribution in [2.75, 3.05) is 5.75 Å². The van der Waals surface area contributed by atoms with Crippen molar-refractivity contribution in [3.8, 4) is 11.3 Å². The molecule has 2 rings (SSSR count). The van der Waals surface area contributed by atoms with Crippen LogP contribution < -0.4 is 0 Å². The zero-order valence-electron chi connectivity index (χ0n) is 12.1. The first kappa shape index (κ1) is 16.3. The standard InChI is InChI=1S/C15H16ClNO2S2/c1-15(2,3)19-13(18)9-21-14-17-12(8-20-14)10-4-6-11(16)7-5-10/h4-8H,9H2,1-3H3. The van der Waals surface area contributed by atoms with Gasteiger partial charge in [0.05, 0.1) is 11.4 Å². The summed E-state index contributed by atoms with van der Waals surface area (Å²) in [5.41, 5.74) is 1.46. The highest BCUT2D eigenvalue weighted by molar-refractivity contribution is 8.01. The number of esters is 1. The Balaban J connectivity index is 1.94. The van der Waals surface area contributed by atoms with E-state index in [1.807, 2.05) is 50.4 Å². The summed E-state index contributed by atoms with van der Waals surface area (Å²) in [4.78, 5) is 16.2. The number of thiazole rings is 1. The van der Waals surface area contributed by atoms with Crippen LogP contribution in [-0.4, -0.2) is 22.3 Å². The highest BCUT2D eigenvalue weighted by Crippen LogP contribution is 2.29. The maximum Gasteiger partial charge on any atom is 0.316 e. The van der Waals surface area contributed by atoms with Crippen molar-refractivity contribution in [2.24, 2.45) is 0 Å². The second-order valence-corrected chi connectivity index (χ2v) is 7.90. The van der Waals surface area contributed by atoms with Gasteiger partial charge in [-0.1, -0.05) is 35.5 Å². The van der Waals surface area contributed by atoms with Crippen molar-refractivity contribution in [3.05, 3.63) is 34.7 Å². The fourth-order valence-electron chi connectivity index (χ4n) is 1.57. The van der Waals surface area contributed by atoms with Crippen LogP contribution in [0.3, 0.4) is 0 Å². The molecule has 1 aromatic carbocycles. The molecule has 0 aliphatic rings. The monoisotopic (exact) mass is 341 g/mol. The Labute approximate surface area is 137 Å². The topological polar surface area (TPSA) is 39.2 Å². The van der Waals surface area contributed by atoms with Crippen molar-refractivity contribution >= 4 is 40.7 Å². The number of hydrogen-bond donors (Lipinski definition) is 0. The van der Waals surface area contributed by atoms with Gasteiger partial charge >= 0.3 is 5.97 Å². The summed E-state index contributed by atoms with van der Waals surface area (Å²) >= 11 is 8.78. The maximum absolute atomic E-state index is 11.7.